The highest BCUT2D eigenvalue weighted by molar-refractivity contribution is 5.76. The number of pyridine rings is 1. The zero-order valence-electron chi connectivity index (χ0n) is 14.0. The number of aromatic nitrogens is 1. The third-order valence-electron chi connectivity index (χ3n) is 4.02. The number of rotatable bonds is 6. The Kier molecular flexibility index (Phi) is 5.23. The van der Waals surface area contributed by atoms with E-state index >= 15 is 0 Å². The molecule has 128 valence electrons. The number of nitrogens with one attached hydrogen (secondary N) is 1. The van der Waals surface area contributed by atoms with E-state index < -0.39 is 0 Å². The molecule has 2 aromatic heterocycles. The van der Waals surface area contributed by atoms with Crippen LogP contribution in [0.25, 0.3) is 11.1 Å². The molecule has 0 fully saturated rings. The van der Waals surface area contributed by atoms with Gasteiger partial charge in [0.15, 0.2) is 0 Å². The van der Waals surface area contributed by atoms with Gasteiger partial charge in [0.2, 0.25) is 5.91 Å². The van der Waals surface area contributed by atoms with E-state index in [1.807, 2.05) is 18.2 Å². The fraction of sp³-hybridized carbons (Fsp3) is 0.200. The summed E-state index contributed by atoms with van der Waals surface area (Å²) in [7, 11) is 0. The third-order valence-corrected chi connectivity index (χ3v) is 4.02. The number of halogens is 1. The van der Waals surface area contributed by atoms with E-state index in [0.29, 0.717) is 24.9 Å². The molecule has 0 saturated heterocycles. The van der Waals surface area contributed by atoms with Crippen LogP contribution in [0.1, 0.15) is 23.1 Å². The summed E-state index contributed by atoms with van der Waals surface area (Å²) in [5, 5.41) is 2.87. The summed E-state index contributed by atoms with van der Waals surface area (Å²) in [6.07, 6.45) is 7.56. The van der Waals surface area contributed by atoms with Crippen LogP contribution in [-0.4, -0.2) is 10.9 Å². The van der Waals surface area contributed by atoms with Crippen LogP contribution in [0.2, 0.25) is 0 Å². The van der Waals surface area contributed by atoms with Crippen molar-refractivity contribution >= 4 is 5.91 Å². The van der Waals surface area contributed by atoms with Crippen molar-refractivity contribution in [2.45, 2.75) is 26.3 Å². The Morgan fingerprint density at radius 3 is 2.80 bits per heavy atom. The lowest BCUT2D eigenvalue weighted by molar-refractivity contribution is -0.121. The van der Waals surface area contributed by atoms with Gasteiger partial charge in [0.25, 0.3) is 0 Å². The molecule has 0 radical (unpaired) electrons. The minimum Gasteiger partial charge on any atom is -0.472 e. The maximum Gasteiger partial charge on any atom is 0.220 e. The number of amides is 1. The van der Waals surface area contributed by atoms with Crippen molar-refractivity contribution < 1.29 is 13.6 Å². The maximum absolute atomic E-state index is 13.5. The molecule has 25 heavy (non-hydrogen) atoms. The molecule has 0 atom stereocenters. The highest BCUT2D eigenvalue weighted by Crippen LogP contribution is 2.19. The second-order valence-corrected chi connectivity index (χ2v) is 5.95. The second-order valence-electron chi connectivity index (χ2n) is 5.95. The van der Waals surface area contributed by atoms with Crippen LogP contribution in [-0.2, 0) is 17.8 Å². The molecule has 4 nitrogen and oxygen atoms in total. The van der Waals surface area contributed by atoms with Gasteiger partial charge in [-0.3, -0.25) is 9.78 Å². The number of carbonyl (C=O) groups excluding carboxylic acids is 1. The van der Waals surface area contributed by atoms with E-state index in [9.17, 15) is 9.18 Å². The minimum absolute atomic E-state index is 0.0744. The molecule has 1 N–H and O–H groups in total. The SMILES string of the molecule is Cc1ccc(CCC(=O)NCc2cncc(-c3ccoc3)c2)cc1F. The lowest BCUT2D eigenvalue weighted by atomic mass is 10.1. The fourth-order valence-corrected chi connectivity index (χ4v) is 2.51. The first-order valence-electron chi connectivity index (χ1n) is 8.10. The minimum atomic E-state index is -0.236. The van der Waals surface area contributed by atoms with Crippen LogP contribution in [0.4, 0.5) is 4.39 Å². The quantitative estimate of drug-likeness (QED) is 0.738. The predicted molar refractivity (Wildman–Crippen MR) is 93.2 cm³/mol. The number of hydrogen-bond donors (Lipinski definition) is 1. The van der Waals surface area contributed by atoms with E-state index in [1.54, 1.807) is 37.9 Å². The van der Waals surface area contributed by atoms with E-state index in [2.05, 4.69) is 10.3 Å². The van der Waals surface area contributed by atoms with Gasteiger partial charge in [0.05, 0.1) is 12.5 Å². The normalized spacial score (nSPS) is 10.6. The molecule has 3 aromatic rings. The molecule has 1 aromatic carbocycles. The number of hydrogen-bond acceptors (Lipinski definition) is 3. The van der Waals surface area contributed by atoms with E-state index in [1.165, 1.54) is 6.07 Å². The number of nitrogens with zero attached hydrogens (tertiary/aromatic N) is 1. The molecule has 3 rings (SSSR count). The van der Waals surface area contributed by atoms with Gasteiger partial charge < -0.3 is 9.73 Å². The van der Waals surface area contributed by atoms with E-state index in [0.717, 1.165) is 22.3 Å². The average molecular weight is 338 g/mol. The lowest BCUT2D eigenvalue weighted by Crippen LogP contribution is -2.23. The van der Waals surface area contributed by atoms with Gasteiger partial charge in [-0.1, -0.05) is 12.1 Å². The standard InChI is InChI=1S/C20H19FN2O2/c1-14-2-3-15(9-19(14)21)4-5-20(24)23-11-16-8-18(12-22-10-16)17-6-7-25-13-17/h2-3,6-10,12-13H,4-5,11H2,1H3,(H,23,24). The van der Waals surface area contributed by atoms with Gasteiger partial charge in [-0.2, -0.15) is 0 Å². The average Bonchev–Trinajstić information content (AvgIpc) is 3.16. The lowest BCUT2D eigenvalue weighted by Gasteiger charge is -2.07. The topological polar surface area (TPSA) is 55.1 Å². The molecular formula is C20H19FN2O2. The highest BCUT2D eigenvalue weighted by Gasteiger charge is 2.06. The number of furan rings is 1. The first-order valence-corrected chi connectivity index (χ1v) is 8.10. The summed E-state index contributed by atoms with van der Waals surface area (Å²) in [6.45, 7) is 2.12. The van der Waals surface area contributed by atoms with Crippen LogP contribution in [0.5, 0.6) is 0 Å². The van der Waals surface area contributed by atoms with Crippen molar-refractivity contribution in [3.05, 3.63) is 77.8 Å². The van der Waals surface area contributed by atoms with Crippen molar-refractivity contribution in [2.75, 3.05) is 0 Å². The Hall–Kier alpha value is -2.95. The van der Waals surface area contributed by atoms with Crippen molar-refractivity contribution in [1.82, 2.24) is 10.3 Å². The van der Waals surface area contributed by atoms with Gasteiger partial charge in [-0.25, -0.2) is 4.39 Å². The molecule has 0 aliphatic rings. The molecule has 0 saturated carbocycles. The zero-order chi connectivity index (χ0) is 17.6. The molecular weight excluding hydrogens is 319 g/mol. The van der Waals surface area contributed by atoms with E-state index in [-0.39, 0.29) is 11.7 Å². The summed E-state index contributed by atoms with van der Waals surface area (Å²) in [5.41, 5.74) is 4.23. The Bertz CT molecular complexity index is 860. The molecule has 0 bridgehead atoms. The Morgan fingerprint density at radius 1 is 1.16 bits per heavy atom. The van der Waals surface area contributed by atoms with Crippen LogP contribution >= 0.6 is 0 Å². The Labute approximate surface area is 145 Å². The van der Waals surface area contributed by atoms with Gasteiger partial charge in [-0.15, -0.1) is 0 Å². The van der Waals surface area contributed by atoms with Crippen LogP contribution in [0.15, 0.2) is 59.7 Å². The summed E-state index contributed by atoms with van der Waals surface area (Å²) in [6, 6.07) is 8.90. The Balaban J connectivity index is 1.52. The maximum atomic E-state index is 13.5. The summed E-state index contributed by atoms with van der Waals surface area (Å²) >= 11 is 0. The van der Waals surface area contributed by atoms with Crippen LogP contribution < -0.4 is 5.32 Å². The van der Waals surface area contributed by atoms with Crippen LogP contribution in [0.3, 0.4) is 0 Å². The van der Waals surface area contributed by atoms with Gasteiger partial charge in [0, 0.05) is 36.5 Å². The molecule has 1 amide bonds. The summed E-state index contributed by atoms with van der Waals surface area (Å²) in [5.74, 6) is -0.310. The fourth-order valence-electron chi connectivity index (χ4n) is 2.51. The first kappa shape index (κ1) is 16.9. The zero-order valence-corrected chi connectivity index (χ0v) is 14.0. The molecule has 0 spiro atoms. The largest absolute Gasteiger partial charge is 0.472 e. The number of carbonyl (C=O) groups is 1. The third kappa shape index (κ3) is 4.53. The molecule has 5 heteroatoms. The Morgan fingerprint density at radius 2 is 2.04 bits per heavy atom. The highest BCUT2D eigenvalue weighted by atomic mass is 19.1. The number of benzene rings is 1. The summed E-state index contributed by atoms with van der Waals surface area (Å²) < 4.78 is 18.6. The molecule has 0 unspecified atom stereocenters. The first-order chi connectivity index (χ1) is 12.1. The van der Waals surface area contributed by atoms with Crippen molar-refractivity contribution in [3.8, 4) is 11.1 Å². The molecule has 2 heterocycles. The monoisotopic (exact) mass is 338 g/mol. The van der Waals surface area contributed by atoms with Crippen molar-refractivity contribution in [2.24, 2.45) is 0 Å². The molecule has 0 aliphatic carbocycles. The molecule has 0 aliphatic heterocycles. The van der Waals surface area contributed by atoms with Gasteiger partial charge in [-0.05, 0) is 48.2 Å². The predicted octanol–water partition coefficient (Wildman–Crippen LogP) is 4.04. The van der Waals surface area contributed by atoms with Gasteiger partial charge in [0.1, 0.15) is 5.82 Å². The second kappa shape index (κ2) is 7.75. The van der Waals surface area contributed by atoms with Crippen molar-refractivity contribution in [1.29, 1.82) is 0 Å². The summed E-state index contributed by atoms with van der Waals surface area (Å²) in [4.78, 5) is 16.2. The van der Waals surface area contributed by atoms with Crippen molar-refractivity contribution in [3.63, 3.8) is 0 Å². The van der Waals surface area contributed by atoms with Crippen LogP contribution in [0, 0.1) is 12.7 Å². The number of aryl methyl sites for hydroxylation is 2. The smallest absolute Gasteiger partial charge is 0.220 e. The van der Waals surface area contributed by atoms with E-state index in [4.69, 9.17) is 4.42 Å². The van der Waals surface area contributed by atoms with Gasteiger partial charge >= 0.3 is 0 Å².